The highest BCUT2D eigenvalue weighted by molar-refractivity contribution is 6.31. The second-order valence-electron chi connectivity index (χ2n) is 6.69. The molecule has 0 spiro atoms. The third kappa shape index (κ3) is 4.98. The molecule has 0 amide bonds. The van der Waals surface area contributed by atoms with Crippen molar-refractivity contribution >= 4 is 11.6 Å². The first-order valence-electron chi connectivity index (χ1n) is 8.94. The van der Waals surface area contributed by atoms with Crippen LogP contribution in [0.1, 0.15) is 24.0 Å². The number of aliphatic hydroxyl groups excluding tert-OH is 1. The minimum Gasteiger partial charge on any atom is -0.491 e. The van der Waals surface area contributed by atoms with E-state index in [1.165, 1.54) is 0 Å². The van der Waals surface area contributed by atoms with Crippen molar-refractivity contribution < 1.29 is 9.84 Å². The highest BCUT2D eigenvalue weighted by atomic mass is 35.5. The van der Waals surface area contributed by atoms with Gasteiger partial charge >= 0.3 is 0 Å². The molecule has 136 valence electrons. The first kappa shape index (κ1) is 18.7. The number of nitrogens with zero attached hydrogens (tertiary/aromatic N) is 2. The summed E-state index contributed by atoms with van der Waals surface area (Å²) in [6.45, 7) is 1.82. The van der Waals surface area contributed by atoms with Gasteiger partial charge in [-0.2, -0.15) is 5.26 Å². The number of hydrogen-bond donors (Lipinski definition) is 1. The molecule has 2 atom stereocenters. The summed E-state index contributed by atoms with van der Waals surface area (Å²) >= 11 is 6.29. The van der Waals surface area contributed by atoms with Crippen LogP contribution in [0.3, 0.4) is 0 Å². The van der Waals surface area contributed by atoms with Crippen molar-refractivity contribution in [2.75, 3.05) is 19.7 Å². The maximum absolute atomic E-state index is 10.4. The molecule has 1 heterocycles. The first-order chi connectivity index (χ1) is 12.7. The maximum Gasteiger partial charge on any atom is 0.119 e. The van der Waals surface area contributed by atoms with Gasteiger partial charge in [0.1, 0.15) is 18.5 Å². The maximum atomic E-state index is 10.4. The minimum atomic E-state index is -0.558. The standard InChI is InChI=1S/C21H23ClN2O2/c22-21-6-2-1-4-17(21)12-18-5-3-11-24(18)14-19(25)15-26-20-9-7-16(13-23)8-10-20/h1-2,4,6-10,18-19,25H,3,5,11-12,14-15H2. The van der Waals surface area contributed by atoms with E-state index in [0.717, 1.165) is 36.4 Å². The van der Waals surface area contributed by atoms with Crippen LogP contribution in [0, 0.1) is 11.3 Å². The van der Waals surface area contributed by atoms with Crippen molar-refractivity contribution in [2.45, 2.75) is 31.4 Å². The topological polar surface area (TPSA) is 56.5 Å². The molecule has 3 rings (SSSR count). The lowest BCUT2D eigenvalue weighted by atomic mass is 10.0. The molecule has 0 aliphatic carbocycles. The Labute approximate surface area is 159 Å². The number of β-amino-alcohol motifs (C(OH)–C–C–N with tert-alkyl or cyclic N) is 1. The molecule has 0 bridgehead atoms. The summed E-state index contributed by atoms with van der Waals surface area (Å²) in [6, 6.07) is 17.4. The summed E-state index contributed by atoms with van der Waals surface area (Å²) in [5, 5.41) is 20.0. The van der Waals surface area contributed by atoms with Crippen molar-refractivity contribution in [3.05, 3.63) is 64.7 Å². The first-order valence-corrected chi connectivity index (χ1v) is 9.32. The molecule has 1 aliphatic rings. The monoisotopic (exact) mass is 370 g/mol. The van der Waals surface area contributed by atoms with E-state index in [9.17, 15) is 5.11 Å². The Balaban J connectivity index is 1.50. The molecule has 0 aromatic heterocycles. The molecule has 1 N–H and O–H groups in total. The van der Waals surface area contributed by atoms with E-state index in [-0.39, 0.29) is 6.61 Å². The predicted molar refractivity (Wildman–Crippen MR) is 102 cm³/mol. The minimum absolute atomic E-state index is 0.237. The quantitative estimate of drug-likeness (QED) is 0.808. The number of benzene rings is 2. The van der Waals surface area contributed by atoms with E-state index in [4.69, 9.17) is 21.6 Å². The molecule has 0 saturated carbocycles. The molecular weight excluding hydrogens is 348 g/mol. The van der Waals surface area contributed by atoms with Crippen LogP contribution >= 0.6 is 11.6 Å². The molecule has 5 heteroatoms. The van der Waals surface area contributed by atoms with Crippen molar-refractivity contribution in [3.63, 3.8) is 0 Å². The van der Waals surface area contributed by atoms with Gasteiger partial charge in [-0.25, -0.2) is 0 Å². The lowest BCUT2D eigenvalue weighted by Gasteiger charge is -2.27. The van der Waals surface area contributed by atoms with Gasteiger partial charge in [0.25, 0.3) is 0 Å². The normalized spacial score (nSPS) is 18.4. The number of ether oxygens (including phenoxy) is 1. The molecule has 2 aromatic rings. The zero-order valence-electron chi connectivity index (χ0n) is 14.6. The van der Waals surface area contributed by atoms with E-state index in [2.05, 4.69) is 17.0 Å². The van der Waals surface area contributed by atoms with Crippen molar-refractivity contribution in [1.29, 1.82) is 5.26 Å². The van der Waals surface area contributed by atoms with E-state index in [1.54, 1.807) is 24.3 Å². The number of likely N-dealkylation sites (tertiary alicyclic amines) is 1. The Morgan fingerprint density at radius 2 is 2.00 bits per heavy atom. The summed E-state index contributed by atoms with van der Waals surface area (Å²) in [4.78, 5) is 2.33. The Kier molecular flexibility index (Phi) is 6.51. The fraction of sp³-hybridized carbons (Fsp3) is 0.381. The summed E-state index contributed by atoms with van der Waals surface area (Å²) < 4.78 is 5.64. The van der Waals surface area contributed by atoms with Gasteiger partial charge in [-0.1, -0.05) is 29.8 Å². The SMILES string of the molecule is N#Cc1ccc(OCC(O)CN2CCCC2Cc2ccccc2Cl)cc1. The highest BCUT2D eigenvalue weighted by Crippen LogP contribution is 2.25. The third-order valence-electron chi connectivity index (χ3n) is 4.78. The number of hydrogen-bond acceptors (Lipinski definition) is 4. The predicted octanol–water partition coefficient (Wildman–Crippen LogP) is 3.66. The van der Waals surface area contributed by atoms with E-state index in [0.29, 0.717) is 23.9 Å². The van der Waals surface area contributed by atoms with Gasteiger partial charge in [0.15, 0.2) is 0 Å². The lowest BCUT2D eigenvalue weighted by Crippen LogP contribution is -2.39. The largest absolute Gasteiger partial charge is 0.491 e. The molecule has 2 unspecified atom stereocenters. The Morgan fingerprint density at radius 3 is 2.73 bits per heavy atom. The number of nitriles is 1. The van der Waals surface area contributed by atoms with E-state index < -0.39 is 6.10 Å². The van der Waals surface area contributed by atoms with Crippen LogP contribution in [-0.4, -0.2) is 41.8 Å². The van der Waals surface area contributed by atoms with Crippen LogP contribution in [0.4, 0.5) is 0 Å². The number of rotatable bonds is 7. The number of halogens is 1. The smallest absolute Gasteiger partial charge is 0.119 e. The third-order valence-corrected chi connectivity index (χ3v) is 5.15. The van der Waals surface area contributed by atoms with E-state index >= 15 is 0 Å². The van der Waals surface area contributed by atoms with Crippen LogP contribution in [0.15, 0.2) is 48.5 Å². The molecule has 1 saturated heterocycles. The van der Waals surface area contributed by atoms with E-state index in [1.807, 2.05) is 18.2 Å². The van der Waals surface area contributed by atoms with Crippen LogP contribution in [0.25, 0.3) is 0 Å². The van der Waals surface area contributed by atoms with Gasteiger partial charge < -0.3 is 9.84 Å². The van der Waals surface area contributed by atoms with Crippen LogP contribution in [0.2, 0.25) is 5.02 Å². The zero-order chi connectivity index (χ0) is 18.4. The van der Waals surface area contributed by atoms with Gasteiger partial charge in [0.05, 0.1) is 11.6 Å². The fourth-order valence-corrected chi connectivity index (χ4v) is 3.64. The van der Waals surface area contributed by atoms with Crippen LogP contribution in [0.5, 0.6) is 5.75 Å². The summed E-state index contributed by atoms with van der Waals surface area (Å²) in [5.74, 6) is 0.664. The molecule has 4 nitrogen and oxygen atoms in total. The zero-order valence-corrected chi connectivity index (χ0v) is 15.4. The van der Waals surface area contributed by atoms with Crippen molar-refractivity contribution in [2.24, 2.45) is 0 Å². The van der Waals surface area contributed by atoms with Gasteiger partial charge in [-0.15, -0.1) is 0 Å². The molecule has 26 heavy (non-hydrogen) atoms. The van der Waals surface area contributed by atoms with Crippen molar-refractivity contribution in [1.82, 2.24) is 4.90 Å². The van der Waals surface area contributed by atoms with Gasteiger partial charge in [0.2, 0.25) is 0 Å². The average molecular weight is 371 g/mol. The van der Waals surface area contributed by atoms with Crippen LogP contribution in [-0.2, 0) is 6.42 Å². The Bertz CT molecular complexity index is 757. The molecule has 2 aromatic carbocycles. The lowest BCUT2D eigenvalue weighted by molar-refractivity contribution is 0.0639. The van der Waals surface area contributed by atoms with Gasteiger partial charge in [0, 0.05) is 17.6 Å². The molecule has 1 fully saturated rings. The average Bonchev–Trinajstić information content (AvgIpc) is 3.09. The van der Waals surface area contributed by atoms with Gasteiger partial charge in [-0.05, 0) is 61.7 Å². The molecular formula is C21H23ClN2O2. The second kappa shape index (κ2) is 9.05. The Hall–Kier alpha value is -2.06. The summed E-state index contributed by atoms with van der Waals surface area (Å²) in [6.07, 6.45) is 2.60. The second-order valence-corrected chi connectivity index (χ2v) is 7.09. The summed E-state index contributed by atoms with van der Waals surface area (Å²) in [5.41, 5.74) is 1.76. The van der Waals surface area contributed by atoms with Crippen molar-refractivity contribution in [3.8, 4) is 11.8 Å². The van der Waals surface area contributed by atoms with Crippen LogP contribution < -0.4 is 4.74 Å². The van der Waals surface area contributed by atoms with Gasteiger partial charge in [-0.3, -0.25) is 4.90 Å². The number of aliphatic hydroxyl groups is 1. The fourth-order valence-electron chi connectivity index (χ4n) is 3.43. The molecule has 0 radical (unpaired) electrons. The summed E-state index contributed by atoms with van der Waals surface area (Å²) in [7, 11) is 0. The molecule has 1 aliphatic heterocycles. The highest BCUT2D eigenvalue weighted by Gasteiger charge is 2.27. The Morgan fingerprint density at radius 1 is 1.23 bits per heavy atom.